The molecule has 1 saturated heterocycles. The van der Waals surface area contributed by atoms with E-state index in [2.05, 4.69) is 10.5 Å². The van der Waals surface area contributed by atoms with Gasteiger partial charge in [-0.05, 0) is 43.5 Å². The summed E-state index contributed by atoms with van der Waals surface area (Å²) in [5.41, 5.74) is -0.810. The number of amides is 2. The van der Waals surface area contributed by atoms with E-state index in [9.17, 15) is 14.4 Å². The van der Waals surface area contributed by atoms with Crippen LogP contribution in [0.4, 0.5) is 4.79 Å². The topological polar surface area (TPSA) is 120 Å². The molecule has 2 heterocycles. The summed E-state index contributed by atoms with van der Waals surface area (Å²) in [4.78, 5) is 40.1. The number of carbonyl (C=O) groups excluding carboxylic acids is 3. The van der Waals surface area contributed by atoms with Crippen LogP contribution >= 0.6 is 0 Å². The Balaban J connectivity index is 1.82. The van der Waals surface area contributed by atoms with Gasteiger partial charge in [0.1, 0.15) is 23.8 Å². The lowest BCUT2D eigenvalue weighted by Gasteiger charge is -2.35. The standard InChI is InChI=1S/C24H33N3O7/c1-23(2,3)18(25-22(30)33-24(4,5)6)20(28)27-13-14(12-16(27)21(29)31-7)32-19-15-10-8-9-11-17(15)34-26-19/h8-11,14,16,18H,12-13H2,1-7H3,(H,25,30)/t14-,16+,18-/m1/s1. The highest BCUT2D eigenvalue weighted by Crippen LogP contribution is 2.31. The number of alkyl carbamates (subject to hydrolysis) is 1. The first-order valence-electron chi connectivity index (χ1n) is 11.2. The van der Waals surface area contributed by atoms with Crippen LogP contribution in [0.5, 0.6) is 5.88 Å². The van der Waals surface area contributed by atoms with Gasteiger partial charge in [0.05, 0.1) is 19.0 Å². The Morgan fingerprint density at radius 1 is 1.15 bits per heavy atom. The number of nitrogens with one attached hydrogen (secondary N) is 1. The zero-order valence-electron chi connectivity index (χ0n) is 20.7. The Bertz CT molecular complexity index is 1050. The molecule has 0 unspecified atom stereocenters. The summed E-state index contributed by atoms with van der Waals surface area (Å²) in [5.74, 6) is -0.697. The van der Waals surface area contributed by atoms with E-state index >= 15 is 0 Å². The van der Waals surface area contributed by atoms with Crippen molar-refractivity contribution in [2.24, 2.45) is 5.41 Å². The molecule has 0 spiro atoms. The van der Waals surface area contributed by atoms with Gasteiger partial charge in [-0.3, -0.25) is 4.79 Å². The third kappa shape index (κ3) is 5.78. The van der Waals surface area contributed by atoms with Crippen molar-refractivity contribution in [1.82, 2.24) is 15.4 Å². The monoisotopic (exact) mass is 475 g/mol. The Morgan fingerprint density at radius 3 is 2.44 bits per heavy atom. The molecule has 34 heavy (non-hydrogen) atoms. The summed E-state index contributed by atoms with van der Waals surface area (Å²) >= 11 is 0. The van der Waals surface area contributed by atoms with Gasteiger partial charge in [0.15, 0.2) is 5.58 Å². The van der Waals surface area contributed by atoms with Crippen molar-refractivity contribution in [3.05, 3.63) is 24.3 Å². The second-order valence-electron chi connectivity index (χ2n) is 10.4. The van der Waals surface area contributed by atoms with Crippen LogP contribution in [-0.2, 0) is 19.1 Å². The van der Waals surface area contributed by atoms with Crippen molar-refractivity contribution in [3.63, 3.8) is 0 Å². The van der Waals surface area contributed by atoms with Crippen LogP contribution in [0, 0.1) is 5.41 Å². The summed E-state index contributed by atoms with van der Waals surface area (Å²) in [5, 5.41) is 7.35. The van der Waals surface area contributed by atoms with Gasteiger partial charge in [0, 0.05) is 6.42 Å². The quantitative estimate of drug-likeness (QED) is 0.654. The molecule has 0 aliphatic carbocycles. The van der Waals surface area contributed by atoms with E-state index in [-0.39, 0.29) is 18.8 Å². The van der Waals surface area contributed by atoms with Crippen molar-refractivity contribution >= 4 is 28.9 Å². The van der Waals surface area contributed by atoms with Gasteiger partial charge in [0.25, 0.3) is 5.88 Å². The number of rotatable bonds is 5. The molecule has 2 amide bonds. The second-order valence-corrected chi connectivity index (χ2v) is 10.4. The summed E-state index contributed by atoms with van der Waals surface area (Å²) in [6, 6.07) is 5.44. The molecule has 10 heteroatoms. The number of likely N-dealkylation sites (tertiary alicyclic amines) is 1. The molecule has 1 aromatic carbocycles. The number of hydrogen-bond acceptors (Lipinski definition) is 8. The molecule has 186 valence electrons. The zero-order valence-corrected chi connectivity index (χ0v) is 20.7. The number of hydrogen-bond donors (Lipinski definition) is 1. The summed E-state index contributed by atoms with van der Waals surface area (Å²) in [6.07, 6.45) is -1.02. The minimum Gasteiger partial charge on any atom is -0.470 e. The number of para-hydroxylation sites is 1. The summed E-state index contributed by atoms with van der Waals surface area (Å²) in [7, 11) is 1.27. The number of aromatic nitrogens is 1. The molecular formula is C24H33N3O7. The average Bonchev–Trinajstić information content (AvgIpc) is 3.34. The van der Waals surface area contributed by atoms with E-state index in [0.717, 1.165) is 0 Å². The molecule has 1 N–H and O–H groups in total. The largest absolute Gasteiger partial charge is 0.470 e. The second kappa shape index (κ2) is 9.52. The van der Waals surface area contributed by atoms with E-state index in [1.165, 1.54) is 12.0 Å². The number of ether oxygens (including phenoxy) is 3. The van der Waals surface area contributed by atoms with Gasteiger partial charge < -0.3 is 29.0 Å². The molecule has 10 nitrogen and oxygen atoms in total. The summed E-state index contributed by atoms with van der Waals surface area (Å²) in [6.45, 7) is 10.8. The van der Waals surface area contributed by atoms with Gasteiger partial charge in [-0.2, -0.15) is 0 Å². The van der Waals surface area contributed by atoms with Crippen LogP contribution in [0.15, 0.2) is 28.8 Å². The Hall–Kier alpha value is -3.30. The van der Waals surface area contributed by atoms with Crippen LogP contribution in [0.1, 0.15) is 48.0 Å². The van der Waals surface area contributed by atoms with Gasteiger partial charge in [-0.25, -0.2) is 9.59 Å². The predicted molar refractivity (Wildman–Crippen MR) is 123 cm³/mol. The van der Waals surface area contributed by atoms with E-state index in [4.69, 9.17) is 18.7 Å². The highest BCUT2D eigenvalue weighted by Gasteiger charge is 2.46. The molecule has 3 atom stereocenters. The molecule has 1 aromatic heterocycles. The highest BCUT2D eigenvalue weighted by atomic mass is 16.6. The van der Waals surface area contributed by atoms with Crippen molar-refractivity contribution in [2.45, 2.75) is 71.8 Å². The lowest BCUT2D eigenvalue weighted by Crippen LogP contribution is -2.57. The molecule has 1 aliphatic rings. The normalized spacial score (nSPS) is 19.6. The fraction of sp³-hybridized carbons (Fsp3) is 0.583. The fourth-order valence-electron chi connectivity index (χ4n) is 3.83. The third-order valence-corrected chi connectivity index (χ3v) is 5.42. The predicted octanol–water partition coefficient (Wildman–Crippen LogP) is 3.29. The Morgan fingerprint density at radius 2 is 1.82 bits per heavy atom. The van der Waals surface area contributed by atoms with E-state index < -0.39 is 47.2 Å². The maximum atomic E-state index is 13.6. The Kier molecular flexibility index (Phi) is 7.09. The average molecular weight is 476 g/mol. The van der Waals surface area contributed by atoms with Crippen molar-refractivity contribution in [1.29, 1.82) is 0 Å². The molecule has 1 aliphatic heterocycles. The fourth-order valence-corrected chi connectivity index (χ4v) is 3.83. The number of benzene rings is 1. The number of carbonyl (C=O) groups is 3. The first-order valence-corrected chi connectivity index (χ1v) is 11.2. The molecule has 2 aromatic rings. The van der Waals surface area contributed by atoms with Gasteiger partial charge in [0.2, 0.25) is 5.91 Å². The van der Waals surface area contributed by atoms with Crippen LogP contribution in [-0.4, -0.2) is 65.5 Å². The molecular weight excluding hydrogens is 442 g/mol. The van der Waals surface area contributed by atoms with Gasteiger partial charge in [-0.1, -0.05) is 32.9 Å². The van der Waals surface area contributed by atoms with Crippen LogP contribution in [0.3, 0.4) is 0 Å². The summed E-state index contributed by atoms with van der Waals surface area (Å²) < 4.78 is 21.6. The van der Waals surface area contributed by atoms with E-state index in [1.54, 1.807) is 26.8 Å². The van der Waals surface area contributed by atoms with E-state index in [1.807, 2.05) is 39.0 Å². The van der Waals surface area contributed by atoms with Gasteiger partial charge in [-0.15, -0.1) is 0 Å². The number of fused-ring (bicyclic) bond motifs is 1. The number of nitrogens with zero attached hydrogens (tertiary/aromatic N) is 2. The van der Waals surface area contributed by atoms with Crippen molar-refractivity contribution < 1.29 is 33.1 Å². The molecule has 0 radical (unpaired) electrons. The van der Waals surface area contributed by atoms with Crippen molar-refractivity contribution in [2.75, 3.05) is 13.7 Å². The minimum atomic E-state index is -0.943. The van der Waals surface area contributed by atoms with Crippen LogP contribution < -0.4 is 10.1 Å². The minimum absolute atomic E-state index is 0.113. The molecule has 3 rings (SSSR count). The third-order valence-electron chi connectivity index (χ3n) is 5.42. The van der Waals surface area contributed by atoms with E-state index in [0.29, 0.717) is 11.0 Å². The van der Waals surface area contributed by atoms with Crippen LogP contribution in [0.2, 0.25) is 0 Å². The van der Waals surface area contributed by atoms with Crippen LogP contribution in [0.25, 0.3) is 11.0 Å². The molecule has 0 saturated carbocycles. The maximum absolute atomic E-state index is 13.6. The zero-order chi connectivity index (χ0) is 25.3. The first kappa shape index (κ1) is 25.3. The lowest BCUT2D eigenvalue weighted by atomic mass is 9.85. The maximum Gasteiger partial charge on any atom is 0.408 e. The smallest absolute Gasteiger partial charge is 0.408 e. The lowest BCUT2D eigenvalue weighted by molar-refractivity contribution is -0.152. The molecule has 1 fully saturated rings. The highest BCUT2D eigenvalue weighted by molar-refractivity contribution is 5.91. The Labute approximate surface area is 198 Å². The molecule has 0 bridgehead atoms. The SMILES string of the molecule is COC(=O)[C@@H]1C[C@@H](Oc2noc3ccccc23)CN1C(=O)[C@@H](NC(=O)OC(C)(C)C)C(C)(C)C. The number of methoxy groups -OCH3 is 1. The number of esters is 1. The van der Waals surface area contributed by atoms with Gasteiger partial charge >= 0.3 is 12.1 Å². The van der Waals surface area contributed by atoms with Crippen molar-refractivity contribution in [3.8, 4) is 5.88 Å². The first-order chi connectivity index (χ1) is 15.8.